The first-order valence-corrected chi connectivity index (χ1v) is 4.19. The van der Waals surface area contributed by atoms with Crippen molar-refractivity contribution in [2.45, 2.75) is 32.0 Å². The second-order valence-corrected chi connectivity index (χ2v) is 3.89. The van der Waals surface area contributed by atoms with Gasteiger partial charge in [0, 0.05) is 0 Å². The smallest absolute Gasteiger partial charge is 0.168 e. The lowest BCUT2D eigenvalue weighted by Gasteiger charge is -2.42. The van der Waals surface area contributed by atoms with Crippen LogP contribution in [0.1, 0.15) is 20.3 Å². The molecule has 0 aromatic heterocycles. The maximum absolute atomic E-state index is 11.5. The summed E-state index contributed by atoms with van der Waals surface area (Å²) in [5, 5.41) is 8.69. The molecule has 0 N–H and O–H groups in total. The highest BCUT2D eigenvalue weighted by atomic mass is 16.5. The van der Waals surface area contributed by atoms with E-state index in [1.807, 2.05) is 6.92 Å². The summed E-state index contributed by atoms with van der Waals surface area (Å²) in [6, 6.07) is 2.15. The van der Waals surface area contributed by atoms with Crippen LogP contribution in [-0.4, -0.2) is 17.5 Å². The van der Waals surface area contributed by atoms with Crippen LogP contribution < -0.4 is 0 Å². The van der Waals surface area contributed by atoms with Crippen molar-refractivity contribution >= 4 is 5.78 Å². The van der Waals surface area contributed by atoms with E-state index in [1.54, 1.807) is 6.92 Å². The lowest BCUT2D eigenvalue weighted by molar-refractivity contribution is -0.126. The molecule has 0 amide bonds. The highest BCUT2D eigenvalue weighted by Crippen LogP contribution is 2.52. The van der Waals surface area contributed by atoms with Crippen molar-refractivity contribution in [3.8, 4) is 6.07 Å². The third-order valence-electron chi connectivity index (χ3n) is 3.00. The lowest BCUT2D eigenvalue weighted by Crippen LogP contribution is -2.50. The monoisotopic (exact) mass is 165 g/mol. The number of hydrogen-bond acceptors (Lipinski definition) is 3. The van der Waals surface area contributed by atoms with Crippen LogP contribution in [-0.2, 0) is 9.53 Å². The Labute approximate surface area is 71.3 Å². The second kappa shape index (κ2) is 2.08. The fourth-order valence-corrected chi connectivity index (χ4v) is 2.40. The number of ketones is 1. The number of hydrogen-bond donors (Lipinski definition) is 0. The minimum absolute atomic E-state index is 0.104. The Morgan fingerprint density at radius 1 is 1.75 bits per heavy atom. The van der Waals surface area contributed by atoms with Crippen LogP contribution in [0, 0.1) is 23.2 Å². The summed E-state index contributed by atoms with van der Waals surface area (Å²) < 4.78 is 5.49. The molecule has 2 aliphatic rings. The van der Waals surface area contributed by atoms with E-state index in [0.717, 1.165) is 0 Å². The van der Waals surface area contributed by atoms with Gasteiger partial charge in [0.25, 0.3) is 0 Å². The highest BCUT2D eigenvalue weighted by molar-refractivity contribution is 5.90. The summed E-state index contributed by atoms with van der Waals surface area (Å²) in [4.78, 5) is 11.5. The molecule has 1 aliphatic heterocycles. The van der Waals surface area contributed by atoms with Gasteiger partial charge < -0.3 is 4.74 Å². The van der Waals surface area contributed by atoms with E-state index in [-0.39, 0.29) is 29.3 Å². The SMILES string of the molecule is CC1OC2(C)CC(C#N)C2C1=O. The summed E-state index contributed by atoms with van der Waals surface area (Å²) in [7, 11) is 0. The molecule has 0 aromatic rings. The number of rotatable bonds is 0. The summed E-state index contributed by atoms with van der Waals surface area (Å²) in [5.74, 6) is -0.153. The topological polar surface area (TPSA) is 50.1 Å². The Morgan fingerprint density at radius 3 is 2.92 bits per heavy atom. The molecule has 0 bridgehead atoms. The van der Waals surface area contributed by atoms with Crippen molar-refractivity contribution in [2.75, 3.05) is 0 Å². The molecule has 64 valence electrons. The van der Waals surface area contributed by atoms with E-state index >= 15 is 0 Å². The molecule has 0 radical (unpaired) electrons. The summed E-state index contributed by atoms with van der Waals surface area (Å²) in [6.45, 7) is 3.69. The van der Waals surface area contributed by atoms with Crippen molar-refractivity contribution in [1.82, 2.24) is 0 Å². The zero-order valence-electron chi connectivity index (χ0n) is 7.20. The van der Waals surface area contributed by atoms with E-state index in [4.69, 9.17) is 10.00 Å². The Balaban J connectivity index is 2.26. The van der Waals surface area contributed by atoms with Crippen LogP contribution in [0.25, 0.3) is 0 Å². The first kappa shape index (κ1) is 7.75. The van der Waals surface area contributed by atoms with Crippen molar-refractivity contribution in [3.05, 3.63) is 0 Å². The minimum Gasteiger partial charge on any atom is -0.364 e. The van der Waals surface area contributed by atoms with Gasteiger partial charge in [0.2, 0.25) is 0 Å². The second-order valence-electron chi connectivity index (χ2n) is 3.89. The maximum atomic E-state index is 11.5. The van der Waals surface area contributed by atoms with Crippen LogP contribution >= 0.6 is 0 Å². The number of nitriles is 1. The molecule has 2 rings (SSSR count). The van der Waals surface area contributed by atoms with E-state index < -0.39 is 0 Å². The average molecular weight is 165 g/mol. The van der Waals surface area contributed by atoms with E-state index in [1.165, 1.54) is 0 Å². The van der Waals surface area contributed by atoms with Crippen molar-refractivity contribution in [3.63, 3.8) is 0 Å². The molecule has 3 nitrogen and oxygen atoms in total. The predicted octanol–water partition coefficient (Wildman–Crippen LogP) is 0.893. The van der Waals surface area contributed by atoms with E-state index in [0.29, 0.717) is 6.42 Å². The molecule has 1 saturated carbocycles. The van der Waals surface area contributed by atoms with Gasteiger partial charge in [0.15, 0.2) is 5.78 Å². The van der Waals surface area contributed by atoms with Gasteiger partial charge >= 0.3 is 0 Å². The molecule has 1 aliphatic carbocycles. The third kappa shape index (κ3) is 0.709. The molecular weight excluding hydrogens is 154 g/mol. The van der Waals surface area contributed by atoms with Crippen molar-refractivity contribution < 1.29 is 9.53 Å². The van der Waals surface area contributed by atoms with Gasteiger partial charge in [0.05, 0.1) is 23.5 Å². The number of ether oxygens (including phenoxy) is 1. The summed E-state index contributed by atoms with van der Waals surface area (Å²) in [6.07, 6.45) is 0.405. The van der Waals surface area contributed by atoms with Gasteiger partial charge in [-0.05, 0) is 20.3 Å². The Kier molecular flexibility index (Phi) is 1.34. The zero-order valence-corrected chi connectivity index (χ0v) is 7.20. The first-order chi connectivity index (χ1) is 5.58. The van der Waals surface area contributed by atoms with Crippen LogP contribution in [0.5, 0.6) is 0 Å². The molecule has 2 fully saturated rings. The van der Waals surface area contributed by atoms with Crippen LogP contribution in [0.2, 0.25) is 0 Å². The number of carbonyl (C=O) groups is 1. The number of nitrogens with zero attached hydrogens (tertiary/aromatic N) is 1. The van der Waals surface area contributed by atoms with Crippen LogP contribution in [0.15, 0.2) is 0 Å². The normalized spacial score (nSPS) is 51.1. The van der Waals surface area contributed by atoms with Crippen molar-refractivity contribution in [2.24, 2.45) is 11.8 Å². The van der Waals surface area contributed by atoms with E-state index in [9.17, 15) is 4.79 Å². The van der Waals surface area contributed by atoms with Crippen LogP contribution in [0.4, 0.5) is 0 Å². The quantitative estimate of drug-likeness (QED) is 0.535. The standard InChI is InChI=1S/C9H11NO2/c1-5-8(11)7-6(4-10)3-9(7,2)12-5/h5-7H,3H2,1-2H3. The van der Waals surface area contributed by atoms with Crippen molar-refractivity contribution in [1.29, 1.82) is 5.26 Å². The molecule has 12 heavy (non-hydrogen) atoms. The maximum Gasteiger partial charge on any atom is 0.168 e. The van der Waals surface area contributed by atoms with Gasteiger partial charge in [-0.2, -0.15) is 5.26 Å². The van der Waals surface area contributed by atoms with Gasteiger partial charge in [0.1, 0.15) is 6.10 Å². The fourth-order valence-electron chi connectivity index (χ4n) is 2.40. The minimum atomic E-state index is -0.323. The Bertz CT molecular complexity index is 281. The molecule has 4 unspecified atom stereocenters. The van der Waals surface area contributed by atoms with E-state index in [2.05, 4.69) is 6.07 Å². The largest absolute Gasteiger partial charge is 0.364 e. The summed E-state index contributed by atoms with van der Waals surface area (Å²) in [5.41, 5.74) is -0.323. The third-order valence-corrected chi connectivity index (χ3v) is 3.00. The summed E-state index contributed by atoms with van der Waals surface area (Å²) >= 11 is 0. The molecule has 3 heteroatoms. The fraction of sp³-hybridized carbons (Fsp3) is 0.778. The average Bonchev–Trinajstić information content (AvgIpc) is 2.13. The van der Waals surface area contributed by atoms with Gasteiger partial charge in [-0.25, -0.2) is 0 Å². The lowest BCUT2D eigenvalue weighted by atomic mass is 9.62. The first-order valence-electron chi connectivity index (χ1n) is 4.19. The number of Topliss-reactive ketones (excluding diaryl/α,β-unsaturated/α-hetero) is 1. The molecule has 0 aromatic carbocycles. The van der Waals surface area contributed by atoms with Gasteiger partial charge in [-0.15, -0.1) is 0 Å². The Hall–Kier alpha value is -0.880. The van der Waals surface area contributed by atoms with Gasteiger partial charge in [-0.3, -0.25) is 4.79 Å². The Morgan fingerprint density at radius 2 is 2.42 bits per heavy atom. The molecule has 1 saturated heterocycles. The predicted molar refractivity (Wildman–Crippen MR) is 41.2 cm³/mol. The highest BCUT2D eigenvalue weighted by Gasteiger charge is 2.62. The number of carbonyl (C=O) groups excluding carboxylic acids is 1. The van der Waals surface area contributed by atoms with Gasteiger partial charge in [-0.1, -0.05) is 0 Å². The molecule has 0 spiro atoms. The number of fused-ring (bicyclic) bond motifs is 1. The molecular formula is C9H11NO2. The zero-order chi connectivity index (χ0) is 8.93. The van der Waals surface area contributed by atoms with Crippen LogP contribution in [0.3, 0.4) is 0 Å². The molecule has 1 heterocycles. The molecule has 4 atom stereocenters.